The van der Waals surface area contributed by atoms with Gasteiger partial charge in [0.05, 0.1) is 12.2 Å². The molecule has 8 heteroatoms. The summed E-state index contributed by atoms with van der Waals surface area (Å²) in [5.41, 5.74) is 0. The van der Waals surface area contributed by atoms with Gasteiger partial charge in [-0.05, 0) is 25.2 Å². The second kappa shape index (κ2) is 7.74. The highest BCUT2D eigenvalue weighted by Crippen LogP contribution is 2.19. The van der Waals surface area contributed by atoms with Crippen LogP contribution < -0.4 is 5.32 Å². The van der Waals surface area contributed by atoms with Crippen molar-refractivity contribution in [2.75, 3.05) is 25.9 Å². The van der Waals surface area contributed by atoms with Gasteiger partial charge < -0.3 is 10.4 Å². The van der Waals surface area contributed by atoms with Gasteiger partial charge in [-0.25, -0.2) is 12.7 Å². The summed E-state index contributed by atoms with van der Waals surface area (Å²) in [4.78, 5) is 22.5. The van der Waals surface area contributed by atoms with E-state index in [-0.39, 0.29) is 30.7 Å². The van der Waals surface area contributed by atoms with Crippen LogP contribution in [0.4, 0.5) is 0 Å². The minimum Gasteiger partial charge on any atom is -0.481 e. The molecule has 7 nitrogen and oxygen atoms in total. The van der Waals surface area contributed by atoms with Gasteiger partial charge in [-0.2, -0.15) is 0 Å². The summed E-state index contributed by atoms with van der Waals surface area (Å²) >= 11 is 0. The summed E-state index contributed by atoms with van der Waals surface area (Å²) in [5, 5.41) is 11.4. The Morgan fingerprint density at radius 2 is 2.10 bits per heavy atom. The SMILES string of the molecule is CC(CCC(=O)O)CNC(=O)C1CCCN(S(C)(=O)=O)C1. The molecule has 1 aliphatic heterocycles. The van der Waals surface area contributed by atoms with Crippen LogP contribution >= 0.6 is 0 Å². The number of carbonyl (C=O) groups is 2. The zero-order valence-electron chi connectivity index (χ0n) is 12.5. The molecule has 0 aromatic heterocycles. The molecule has 1 aliphatic rings. The molecule has 122 valence electrons. The van der Waals surface area contributed by atoms with Crippen LogP contribution in [0.5, 0.6) is 0 Å². The van der Waals surface area contributed by atoms with Gasteiger partial charge in [0.25, 0.3) is 0 Å². The number of piperidine rings is 1. The maximum atomic E-state index is 12.1. The number of carboxylic acids is 1. The lowest BCUT2D eigenvalue weighted by atomic mass is 9.98. The fourth-order valence-electron chi connectivity index (χ4n) is 2.35. The predicted octanol–water partition coefficient (Wildman–Crippen LogP) is 0.275. The summed E-state index contributed by atoms with van der Waals surface area (Å²) in [5.74, 6) is -1.23. The zero-order chi connectivity index (χ0) is 16.0. The first-order valence-corrected chi connectivity index (χ1v) is 8.99. The Morgan fingerprint density at radius 1 is 1.43 bits per heavy atom. The van der Waals surface area contributed by atoms with Crippen molar-refractivity contribution in [3.8, 4) is 0 Å². The average molecular weight is 320 g/mol. The Morgan fingerprint density at radius 3 is 2.67 bits per heavy atom. The second-order valence-corrected chi connectivity index (χ2v) is 7.73. The molecule has 1 rings (SSSR count). The van der Waals surface area contributed by atoms with Crippen molar-refractivity contribution >= 4 is 21.9 Å². The van der Waals surface area contributed by atoms with Gasteiger partial charge in [-0.15, -0.1) is 0 Å². The number of rotatable bonds is 7. The third-order valence-electron chi connectivity index (χ3n) is 3.70. The molecular formula is C13H24N2O5S. The van der Waals surface area contributed by atoms with E-state index >= 15 is 0 Å². The van der Waals surface area contributed by atoms with Crippen molar-refractivity contribution in [3.05, 3.63) is 0 Å². The Labute approximate surface area is 125 Å². The van der Waals surface area contributed by atoms with E-state index in [2.05, 4.69) is 5.32 Å². The zero-order valence-corrected chi connectivity index (χ0v) is 13.4. The molecule has 1 fully saturated rings. The molecule has 1 amide bonds. The molecule has 2 atom stereocenters. The largest absolute Gasteiger partial charge is 0.481 e. The molecule has 0 aliphatic carbocycles. The van der Waals surface area contributed by atoms with E-state index in [1.54, 1.807) is 0 Å². The fraction of sp³-hybridized carbons (Fsp3) is 0.846. The summed E-state index contributed by atoms with van der Waals surface area (Å²) in [6.07, 6.45) is 3.11. The molecule has 0 saturated carbocycles. The third kappa shape index (κ3) is 6.43. The van der Waals surface area contributed by atoms with Crippen molar-refractivity contribution in [2.24, 2.45) is 11.8 Å². The molecule has 0 bridgehead atoms. The number of aliphatic carboxylic acids is 1. The summed E-state index contributed by atoms with van der Waals surface area (Å²) in [6, 6.07) is 0. The molecule has 1 saturated heterocycles. The third-order valence-corrected chi connectivity index (χ3v) is 4.97. The molecule has 2 unspecified atom stereocenters. The monoisotopic (exact) mass is 320 g/mol. The summed E-state index contributed by atoms with van der Waals surface area (Å²) in [7, 11) is -3.25. The molecule has 2 N–H and O–H groups in total. The van der Waals surface area contributed by atoms with E-state index in [1.807, 2.05) is 6.92 Å². The minimum atomic E-state index is -3.25. The van der Waals surface area contributed by atoms with E-state index in [1.165, 1.54) is 4.31 Å². The van der Waals surface area contributed by atoms with Gasteiger partial charge >= 0.3 is 5.97 Å². The lowest BCUT2D eigenvalue weighted by Gasteiger charge is -2.30. The first-order chi connectivity index (χ1) is 9.70. The van der Waals surface area contributed by atoms with Gasteiger partial charge in [0.2, 0.25) is 15.9 Å². The van der Waals surface area contributed by atoms with E-state index in [9.17, 15) is 18.0 Å². The highest BCUT2D eigenvalue weighted by atomic mass is 32.2. The lowest BCUT2D eigenvalue weighted by molar-refractivity contribution is -0.137. The van der Waals surface area contributed by atoms with E-state index in [0.29, 0.717) is 32.4 Å². The number of sulfonamides is 1. The molecule has 0 spiro atoms. The quantitative estimate of drug-likeness (QED) is 0.701. The number of carbonyl (C=O) groups excluding carboxylic acids is 1. The van der Waals surface area contributed by atoms with Crippen LogP contribution in [0, 0.1) is 11.8 Å². The lowest BCUT2D eigenvalue weighted by Crippen LogP contribution is -2.45. The second-order valence-electron chi connectivity index (χ2n) is 5.74. The Hall–Kier alpha value is -1.15. The van der Waals surface area contributed by atoms with Crippen molar-refractivity contribution in [1.82, 2.24) is 9.62 Å². The van der Waals surface area contributed by atoms with Crippen molar-refractivity contribution < 1.29 is 23.1 Å². The van der Waals surface area contributed by atoms with Gasteiger partial charge in [0.15, 0.2) is 0 Å². The number of carboxylic acid groups (broad SMARTS) is 1. The smallest absolute Gasteiger partial charge is 0.303 e. The Kier molecular flexibility index (Phi) is 6.60. The van der Waals surface area contributed by atoms with Crippen LogP contribution in [0.25, 0.3) is 0 Å². The number of amides is 1. The van der Waals surface area contributed by atoms with Crippen LogP contribution in [0.3, 0.4) is 0 Å². The molecule has 0 radical (unpaired) electrons. The van der Waals surface area contributed by atoms with Gasteiger partial charge in [0.1, 0.15) is 0 Å². The average Bonchev–Trinajstić information content (AvgIpc) is 2.41. The maximum absolute atomic E-state index is 12.1. The minimum absolute atomic E-state index is 0.0830. The first kappa shape index (κ1) is 17.9. The maximum Gasteiger partial charge on any atom is 0.303 e. The van der Waals surface area contributed by atoms with Gasteiger partial charge in [-0.3, -0.25) is 9.59 Å². The number of nitrogens with zero attached hydrogens (tertiary/aromatic N) is 1. The highest BCUT2D eigenvalue weighted by molar-refractivity contribution is 7.88. The van der Waals surface area contributed by atoms with Crippen LogP contribution in [0.1, 0.15) is 32.6 Å². The summed E-state index contributed by atoms with van der Waals surface area (Å²) in [6.45, 7) is 3.00. The van der Waals surface area contributed by atoms with E-state index in [4.69, 9.17) is 5.11 Å². The number of nitrogens with one attached hydrogen (secondary N) is 1. The van der Waals surface area contributed by atoms with Crippen molar-refractivity contribution in [2.45, 2.75) is 32.6 Å². The fourth-order valence-corrected chi connectivity index (χ4v) is 3.26. The molecular weight excluding hydrogens is 296 g/mol. The van der Waals surface area contributed by atoms with Crippen LogP contribution in [-0.4, -0.2) is 55.6 Å². The van der Waals surface area contributed by atoms with Crippen LogP contribution in [0.15, 0.2) is 0 Å². The van der Waals surface area contributed by atoms with Gasteiger partial charge in [-0.1, -0.05) is 6.92 Å². The Bertz CT molecular complexity index is 477. The Balaban J connectivity index is 2.39. The first-order valence-electron chi connectivity index (χ1n) is 7.14. The van der Waals surface area contributed by atoms with Crippen LogP contribution in [-0.2, 0) is 19.6 Å². The number of hydrogen-bond acceptors (Lipinski definition) is 4. The topological polar surface area (TPSA) is 104 Å². The normalized spacial score (nSPS) is 21.7. The van der Waals surface area contributed by atoms with Crippen molar-refractivity contribution in [3.63, 3.8) is 0 Å². The number of hydrogen-bond donors (Lipinski definition) is 2. The summed E-state index contributed by atoms with van der Waals surface area (Å²) < 4.78 is 24.4. The molecule has 0 aromatic carbocycles. The van der Waals surface area contributed by atoms with Crippen LogP contribution in [0.2, 0.25) is 0 Å². The molecule has 1 heterocycles. The molecule has 0 aromatic rings. The van der Waals surface area contributed by atoms with Crippen molar-refractivity contribution in [1.29, 1.82) is 0 Å². The highest BCUT2D eigenvalue weighted by Gasteiger charge is 2.30. The standard InChI is InChI=1S/C13H24N2O5S/c1-10(5-6-12(16)17)8-14-13(18)11-4-3-7-15(9-11)21(2,19)20/h10-11H,3-9H2,1-2H3,(H,14,18)(H,16,17). The molecule has 21 heavy (non-hydrogen) atoms. The van der Waals surface area contributed by atoms with E-state index < -0.39 is 16.0 Å². The van der Waals surface area contributed by atoms with Gasteiger partial charge in [0, 0.05) is 26.1 Å². The predicted molar refractivity (Wildman–Crippen MR) is 78.2 cm³/mol. The van der Waals surface area contributed by atoms with E-state index in [0.717, 1.165) is 6.26 Å².